The predicted molar refractivity (Wildman–Crippen MR) is 101 cm³/mol. The number of hydrogen-bond acceptors (Lipinski definition) is 4. The number of carbonyl (C=O) groups excluding carboxylic acids is 1. The zero-order valence-corrected chi connectivity index (χ0v) is 16.3. The van der Waals surface area contributed by atoms with Crippen LogP contribution in [0.4, 0.5) is 0 Å². The third-order valence-corrected chi connectivity index (χ3v) is 4.36. The van der Waals surface area contributed by atoms with E-state index in [1.54, 1.807) is 12.1 Å². The summed E-state index contributed by atoms with van der Waals surface area (Å²) in [6.07, 6.45) is 1.36. The standard InChI is InChI=1S/C17H16Br2N2O3/c1-10-3-4-14(5-11(10)2)24-9-16(22)21-20-8-12-6-13(18)7-15(19)17(12)23/h3-8,23H,9H2,1-2H3,(H,21,22)/b20-8+. The highest BCUT2D eigenvalue weighted by Crippen LogP contribution is 2.30. The van der Waals surface area contributed by atoms with Gasteiger partial charge in [-0.3, -0.25) is 4.79 Å². The van der Waals surface area contributed by atoms with Gasteiger partial charge in [-0.15, -0.1) is 0 Å². The van der Waals surface area contributed by atoms with Gasteiger partial charge in [0.2, 0.25) is 0 Å². The molecule has 24 heavy (non-hydrogen) atoms. The van der Waals surface area contributed by atoms with Crippen LogP contribution in [0.2, 0.25) is 0 Å². The molecule has 0 saturated heterocycles. The van der Waals surface area contributed by atoms with Gasteiger partial charge in [0.15, 0.2) is 6.61 Å². The van der Waals surface area contributed by atoms with Crippen LogP contribution in [0.25, 0.3) is 0 Å². The van der Waals surface area contributed by atoms with E-state index in [4.69, 9.17) is 4.74 Å². The lowest BCUT2D eigenvalue weighted by molar-refractivity contribution is -0.123. The summed E-state index contributed by atoms with van der Waals surface area (Å²) in [7, 11) is 0. The van der Waals surface area contributed by atoms with Crippen molar-refractivity contribution in [2.24, 2.45) is 5.10 Å². The summed E-state index contributed by atoms with van der Waals surface area (Å²) in [6.45, 7) is 3.85. The molecule has 0 spiro atoms. The second-order valence-corrected chi connectivity index (χ2v) is 6.92. The average molecular weight is 456 g/mol. The number of aromatic hydroxyl groups is 1. The maximum atomic E-state index is 11.7. The minimum Gasteiger partial charge on any atom is -0.506 e. The van der Waals surface area contributed by atoms with E-state index < -0.39 is 5.91 Å². The molecule has 0 radical (unpaired) electrons. The van der Waals surface area contributed by atoms with E-state index in [1.807, 2.05) is 32.0 Å². The zero-order chi connectivity index (χ0) is 17.7. The van der Waals surface area contributed by atoms with Crippen molar-refractivity contribution in [1.82, 2.24) is 5.43 Å². The van der Waals surface area contributed by atoms with Crippen molar-refractivity contribution in [1.29, 1.82) is 0 Å². The van der Waals surface area contributed by atoms with E-state index in [2.05, 4.69) is 42.4 Å². The lowest BCUT2D eigenvalue weighted by atomic mass is 10.1. The second kappa shape index (κ2) is 8.30. The number of nitrogens with one attached hydrogen (secondary N) is 1. The molecule has 2 N–H and O–H groups in total. The first kappa shape index (κ1) is 18.5. The summed E-state index contributed by atoms with van der Waals surface area (Å²) in [4.78, 5) is 11.7. The van der Waals surface area contributed by atoms with Crippen molar-refractivity contribution in [3.05, 3.63) is 56.0 Å². The number of hydrazone groups is 1. The summed E-state index contributed by atoms with van der Waals surface area (Å²) >= 11 is 6.55. The molecule has 0 aliphatic carbocycles. The van der Waals surface area contributed by atoms with Crippen LogP contribution in [0.15, 0.2) is 44.4 Å². The monoisotopic (exact) mass is 454 g/mol. The fraction of sp³-hybridized carbons (Fsp3) is 0.176. The molecule has 5 nitrogen and oxygen atoms in total. The fourth-order valence-electron chi connectivity index (χ4n) is 1.84. The molecule has 0 aliphatic heterocycles. The molecule has 2 rings (SSSR count). The van der Waals surface area contributed by atoms with E-state index >= 15 is 0 Å². The Hall–Kier alpha value is -1.86. The molecule has 0 atom stereocenters. The molecule has 2 aromatic carbocycles. The van der Waals surface area contributed by atoms with Gasteiger partial charge in [0.25, 0.3) is 5.91 Å². The van der Waals surface area contributed by atoms with E-state index in [9.17, 15) is 9.90 Å². The van der Waals surface area contributed by atoms with Crippen molar-refractivity contribution < 1.29 is 14.6 Å². The van der Waals surface area contributed by atoms with Crippen molar-refractivity contribution in [3.63, 3.8) is 0 Å². The fourth-order valence-corrected chi connectivity index (χ4v) is 3.10. The SMILES string of the molecule is Cc1ccc(OCC(=O)N/N=C/c2cc(Br)cc(Br)c2O)cc1C. The van der Waals surface area contributed by atoms with Gasteiger partial charge in [0.05, 0.1) is 10.7 Å². The average Bonchev–Trinajstić information content (AvgIpc) is 2.53. The Balaban J connectivity index is 1.90. The number of aryl methyl sites for hydroxylation is 2. The van der Waals surface area contributed by atoms with Crippen LogP contribution in [-0.2, 0) is 4.79 Å². The number of halogens is 2. The number of nitrogens with zero attached hydrogens (tertiary/aromatic N) is 1. The van der Waals surface area contributed by atoms with E-state index in [1.165, 1.54) is 6.21 Å². The highest BCUT2D eigenvalue weighted by atomic mass is 79.9. The molecule has 0 bridgehead atoms. The van der Waals surface area contributed by atoms with E-state index in [0.717, 1.165) is 15.6 Å². The number of amides is 1. The molecule has 0 aliphatic rings. The van der Waals surface area contributed by atoms with Crippen molar-refractivity contribution >= 4 is 44.0 Å². The minimum absolute atomic E-state index is 0.0441. The second-order valence-electron chi connectivity index (χ2n) is 5.15. The minimum atomic E-state index is -0.391. The van der Waals surface area contributed by atoms with Gasteiger partial charge < -0.3 is 9.84 Å². The first-order valence-corrected chi connectivity index (χ1v) is 8.65. The van der Waals surface area contributed by atoms with Crippen LogP contribution in [0.5, 0.6) is 11.5 Å². The Morgan fingerprint density at radius 3 is 2.71 bits per heavy atom. The Morgan fingerprint density at radius 1 is 1.25 bits per heavy atom. The van der Waals surface area contributed by atoms with Gasteiger partial charge in [-0.2, -0.15) is 5.10 Å². The molecule has 1 amide bonds. The van der Waals surface area contributed by atoms with Gasteiger partial charge >= 0.3 is 0 Å². The van der Waals surface area contributed by atoms with Crippen LogP contribution in [0.3, 0.4) is 0 Å². The number of ether oxygens (including phenoxy) is 1. The van der Waals surface area contributed by atoms with Crippen LogP contribution < -0.4 is 10.2 Å². The van der Waals surface area contributed by atoms with Gasteiger partial charge in [0.1, 0.15) is 11.5 Å². The summed E-state index contributed by atoms with van der Waals surface area (Å²) in [5.74, 6) is 0.284. The molecule has 0 unspecified atom stereocenters. The van der Waals surface area contributed by atoms with E-state index in [0.29, 0.717) is 15.8 Å². The Morgan fingerprint density at radius 2 is 2.00 bits per heavy atom. The zero-order valence-electron chi connectivity index (χ0n) is 13.1. The number of phenolic OH excluding ortho intramolecular Hbond substituents is 1. The smallest absolute Gasteiger partial charge is 0.277 e. The molecule has 7 heteroatoms. The van der Waals surface area contributed by atoms with Gasteiger partial charge in [-0.25, -0.2) is 5.43 Å². The number of carbonyl (C=O) groups is 1. The normalized spacial score (nSPS) is 10.8. The molecular weight excluding hydrogens is 440 g/mol. The van der Waals surface area contributed by atoms with Gasteiger partial charge in [0, 0.05) is 10.0 Å². The summed E-state index contributed by atoms with van der Waals surface area (Å²) in [5, 5.41) is 13.7. The van der Waals surface area contributed by atoms with Gasteiger partial charge in [-0.05, 0) is 65.2 Å². The highest BCUT2D eigenvalue weighted by molar-refractivity contribution is 9.11. The molecule has 0 saturated carbocycles. The number of rotatable bonds is 5. The molecule has 2 aromatic rings. The number of hydrogen-bond donors (Lipinski definition) is 2. The topological polar surface area (TPSA) is 70.9 Å². The maximum absolute atomic E-state index is 11.7. The van der Waals surface area contributed by atoms with Crippen LogP contribution in [0, 0.1) is 13.8 Å². The van der Waals surface area contributed by atoms with Crippen molar-refractivity contribution in [2.45, 2.75) is 13.8 Å². The van der Waals surface area contributed by atoms with Crippen LogP contribution >= 0.6 is 31.9 Å². The molecule has 126 valence electrons. The Kier molecular flexibility index (Phi) is 6.39. The first-order chi connectivity index (χ1) is 11.4. The van der Waals surface area contributed by atoms with E-state index in [-0.39, 0.29) is 12.4 Å². The lowest BCUT2D eigenvalue weighted by Gasteiger charge is -2.07. The quantitative estimate of drug-likeness (QED) is 0.527. The third-order valence-electron chi connectivity index (χ3n) is 3.30. The summed E-state index contributed by atoms with van der Waals surface area (Å²) in [6, 6.07) is 9.03. The lowest BCUT2D eigenvalue weighted by Crippen LogP contribution is -2.24. The van der Waals surface area contributed by atoms with Crippen LogP contribution in [0.1, 0.15) is 16.7 Å². The molecular formula is C17H16Br2N2O3. The van der Waals surface area contributed by atoms with Gasteiger partial charge in [-0.1, -0.05) is 22.0 Å². The summed E-state index contributed by atoms with van der Waals surface area (Å²) < 4.78 is 6.72. The highest BCUT2D eigenvalue weighted by Gasteiger charge is 2.06. The third kappa shape index (κ3) is 5.07. The first-order valence-electron chi connectivity index (χ1n) is 7.07. The predicted octanol–water partition coefficient (Wildman–Crippen LogP) is 4.06. The van der Waals surface area contributed by atoms with Crippen molar-refractivity contribution in [2.75, 3.05) is 6.61 Å². The maximum Gasteiger partial charge on any atom is 0.277 e. The Bertz CT molecular complexity index is 792. The largest absolute Gasteiger partial charge is 0.506 e. The number of benzene rings is 2. The summed E-state index contributed by atoms with van der Waals surface area (Å²) in [5.41, 5.74) is 5.08. The molecule has 0 heterocycles. The Labute approximate surface area is 157 Å². The van der Waals surface area contributed by atoms with Crippen molar-refractivity contribution in [3.8, 4) is 11.5 Å². The number of phenols is 1. The molecule has 0 fully saturated rings. The molecule has 0 aromatic heterocycles. The van der Waals surface area contributed by atoms with Crippen LogP contribution in [-0.4, -0.2) is 23.8 Å².